The number of hydrogen-bond donors (Lipinski definition) is 1. The molecule has 1 aromatic rings. The Morgan fingerprint density at radius 1 is 1.56 bits per heavy atom. The minimum Gasteiger partial charge on any atom is -0.380 e. The van der Waals surface area contributed by atoms with Crippen molar-refractivity contribution in [2.45, 2.75) is 19.4 Å². The molecule has 0 radical (unpaired) electrons. The van der Waals surface area contributed by atoms with Crippen molar-refractivity contribution in [3.63, 3.8) is 0 Å². The Morgan fingerprint density at radius 3 is 3.00 bits per heavy atom. The maximum absolute atomic E-state index is 5.99. The molecular formula is C14H21N3O. The first-order chi connectivity index (χ1) is 8.72. The van der Waals surface area contributed by atoms with Crippen LogP contribution in [0.3, 0.4) is 0 Å². The number of nitrogens with zero attached hydrogens (tertiary/aromatic N) is 2. The molecular weight excluding hydrogens is 226 g/mol. The van der Waals surface area contributed by atoms with Crippen molar-refractivity contribution >= 4 is 5.82 Å². The second-order valence-corrected chi connectivity index (χ2v) is 4.70. The van der Waals surface area contributed by atoms with E-state index in [1.165, 1.54) is 5.57 Å². The van der Waals surface area contributed by atoms with E-state index in [1.54, 1.807) is 7.11 Å². The maximum Gasteiger partial charge on any atom is 0.133 e. The van der Waals surface area contributed by atoms with Gasteiger partial charge in [-0.2, -0.15) is 0 Å². The molecule has 1 aliphatic heterocycles. The highest BCUT2D eigenvalue weighted by Gasteiger charge is 2.17. The molecule has 2 heterocycles. The van der Waals surface area contributed by atoms with Gasteiger partial charge in [0.15, 0.2) is 0 Å². The lowest BCUT2D eigenvalue weighted by Gasteiger charge is -2.29. The molecule has 1 aromatic heterocycles. The van der Waals surface area contributed by atoms with Crippen LogP contribution in [0.2, 0.25) is 0 Å². The molecule has 2 N–H and O–H groups in total. The Morgan fingerprint density at radius 2 is 2.39 bits per heavy atom. The van der Waals surface area contributed by atoms with Crippen molar-refractivity contribution in [3.8, 4) is 0 Å². The van der Waals surface area contributed by atoms with E-state index in [0.717, 1.165) is 37.5 Å². The fourth-order valence-corrected chi connectivity index (χ4v) is 2.25. The summed E-state index contributed by atoms with van der Waals surface area (Å²) in [7, 11) is 1.74. The van der Waals surface area contributed by atoms with Crippen LogP contribution >= 0.6 is 0 Å². The van der Waals surface area contributed by atoms with E-state index in [9.17, 15) is 0 Å². The van der Waals surface area contributed by atoms with E-state index in [2.05, 4.69) is 22.0 Å². The molecule has 0 aliphatic carbocycles. The van der Waals surface area contributed by atoms with E-state index in [0.29, 0.717) is 0 Å². The molecule has 0 saturated heterocycles. The molecule has 1 atom stereocenters. The summed E-state index contributed by atoms with van der Waals surface area (Å²) in [5.41, 5.74) is 8.47. The molecule has 0 saturated carbocycles. The van der Waals surface area contributed by atoms with Crippen molar-refractivity contribution in [1.82, 2.24) is 4.98 Å². The number of ether oxygens (including phenoxy) is 1. The molecule has 98 valence electrons. The van der Waals surface area contributed by atoms with Gasteiger partial charge in [-0.05, 0) is 25.0 Å². The van der Waals surface area contributed by atoms with E-state index in [4.69, 9.17) is 10.5 Å². The first kappa shape index (κ1) is 13.1. The second-order valence-electron chi connectivity index (χ2n) is 4.70. The number of rotatable bonds is 4. The summed E-state index contributed by atoms with van der Waals surface area (Å²) < 4.78 is 5.16. The fraction of sp³-hybridized carbons (Fsp3) is 0.500. The van der Waals surface area contributed by atoms with Crippen LogP contribution in [-0.4, -0.2) is 31.8 Å². The SMILES string of the molecule is COCC1=CCN(c2ncccc2C(C)N)CC1. The van der Waals surface area contributed by atoms with E-state index >= 15 is 0 Å². The average Bonchev–Trinajstić information content (AvgIpc) is 2.40. The average molecular weight is 247 g/mol. The Balaban J connectivity index is 2.14. The number of pyridine rings is 1. The lowest BCUT2D eigenvalue weighted by Crippen LogP contribution is -2.31. The molecule has 4 heteroatoms. The van der Waals surface area contributed by atoms with E-state index in [1.807, 2.05) is 19.2 Å². The predicted molar refractivity (Wildman–Crippen MR) is 73.6 cm³/mol. The third-order valence-electron chi connectivity index (χ3n) is 3.24. The minimum atomic E-state index is 0.0121. The Hall–Kier alpha value is -1.39. The van der Waals surface area contributed by atoms with Gasteiger partial charge in [0, 0.05) is 38.0 Å². The summed E-state index contributed by atoms with van der Waals surface area (Å²) in [5, 5.41) is 0. The Bertz CT molecular complexity index is 429. The number of aromatic nitrogens is 1. The van der Waals surface area contributed by atoms with Gasteiger partial charge in [0.1, 0.15) is 5.82 Å². The Kier molecular flexibility index (Phi) is 4.33. The zero-order valence-electron chi connectivity index (χ0n) is 11.1. The topological polar surface area (TPSA) is 51.4 Å². The highest BCUT2D eigenvalue weighted by Crippen LogP contribution is 2.25. The van der Waals surface area contributed by atoms with Gasteiger partial charge in [-0.3, -0.25) is 0 Å². The Labute approximate surface area is 108 Å². The second kappa shape index (κ2) is 5.98. The summed E-state index contributed by atoms with van der Waals surface area (Å²) >= 11 is 0. The molecule has 0 fully saturated rings. The van der Waals surface area contributed by atoms with Crippen LogP contribution in [0.4, 0.5) is 5.82 Å². The molecule has 0 spiro atoms. The molecule has 4 nitrogen and oxygen atoms in total. The standard InChI is InChI=1S/C14H21N3O/c1-11(15)13-4-3-7-16-14(13)17-8-5-12(6-9-17)10-18-2/h3-5,7,11H,6,8-10,15H2,1-2H3. The van der Waals surface area contributed by atoms with Crippen LogP contribution < -0.4 is 10.6 Å². The van der Waals surface area contributed by atoms with Gasteiger partial charge in [0.2, 0.25) is 0 Å². The van der Waals surface area contributed by atoms with E-state index < -0.39 is 0 Å². The third kappa shape index (κ3) is 2.89. The smallest absolute Gasteiger partial charge is 0.133 e. The highest BCUT2D eigenvalue weighted by atomic mass is 16.5. The van der Waals surface area contributed by atoms with Crippen LogP contribution in [0.15, 0.2) is 30.0 Å². The van der Waals surface area contributed by atoms with Crippen LogP contribution in [0, 0.1) is 0 Å². The highest BCUT2D eigenvalue weighted by molar-refractivity contribution is 5.49. The summed E-state index contributed by atoms with van der Waals surface area (Å²) in [6.45, 7) is 4.59. The summed E-state index contributed by atoms with van der Waals surface area (Å²) in [6, 6.07) is 4.01. The van der Waals surface area contributed by atoms with Crippen LogP contribution in [0.5, 0.6) is 0 Å². The number of hydrogen-bond acceptors (Lipinski definition) is 4. The first-order valence-electron chi connectivity index (χ1n) is 6.34. The summed E-state index contributed by atoms with van der Waals surface area (Å²) in [6.07, 6.45) is 5.09. The summed E-state index contributed by atoms with van der Waals surface area (Å²) in [4.78, 5) is 6.76. The van der Waals surface area contributed by atoms with Crippen LogP contribution in [-0.2, 0) is 4.74 Å². The van der Waals surface area contributed by atoms with Crippen LogP contribution in [0.1, 0.15) is 24.9 Å². The van der Waals surface area contributed by atoms with Gasteiger partial charge in [-0.1, -0.05) is 12.1 Å². The fourth-order valence-electron chi connectivity index (χ4n) is 2.25. The molecule has 18 heavy (non-hydrogen) atoms. The van der Waals surface area contributed by atoms with Gasteiger partial charge >= 0.3 is 0 Å². The summed E-state index contributed by atoms with van der Waals surface area (Å²) in [5.74, 6) is 1.01. The zero-order valence-corrected chi connectivity index (χ0v) is 11.1. The number of anilines is 1. The monoisotopic (exact) mass is 247 g/mol. The minimum absolute atomic E-state index is 0.0121. The van der Waals surface area contributed by atoms with Gasteiger partial charge in [0.25, 0.3) is 0 Å². The van der Waals surface area contributed by atoms with Crippen molar-refractivity contribution in [1.29, 1.82) is 0 Å². The van der Waals surface area contributed by atoms with Gasteiger partial charge < -0.3 is 15.4 Å². The largest absolute Gasteiger partial charge is 0.380 e. The predicted octanol–water partition coefficient (Wildman–Crippen LogP) is 1.88. The van der Waals surface area contributed by atoms with Gasteiger partial charge in [-0.15, -0.1) is 0 Å². The third-order valence-corrected chi connectivity index (χ3v) is 3.24. The number of nitrogens with two attached hydrogens (primary N) is 1. The lowest BCUT2D eigenvalue weighted by atomic mass is 10.1. The zero-order chi connectivity index (χ0) is 13.0. The van der Waals surface area contributed by atoms with Crippen molar-refractivity contribution in [2.24, 2.45) is 5.73 Å². The van der Waals surface area contributed by atoms with Crippen molar-refractivity contribution in [3.05, 3.63) is 35.5 Å². The van der Waals surface area contributed by atoms with Crippen LogP contribution in [0.25, 0.3) is 0 Å². The molecule has 0 amide bonds. The molecule has 2 rings (SSSR count). The quantitative estimate of drug-likeness (QED) is 0.825. The lowest BCUT2D eigenvalue weighted by molar-refractivity contribution is 0.222. The van der Waals surface area contributed by atoms with Gasteiger partial charge in [0.05, 0.1) is 6.61 Å². The molecule has 0 bridgehead atoms. The van der Waals surface area contributed by atoms with Crippen molar-refractivity contribution in [2.75, 3.05) is 31.7 Å². The normalized spacial score (nSPS) is 17.5. The molecule has 1 aliphatic rings. The van der Waals surface area contributed by atoms with E-state index in [-0.39, 0.29) is 6.04 Å². The molecule has 1 unspecified atom stereocenters. The molecule has 0 aromatic carbocycles. The first-order valence-corrected chi connectivity index (χ1v) is 6.34. The van der Waals surface area contributed by atoms with Gasteiger partial charge in [-0.25, -0.2) is 4.98 Å². The maximum atomic E-state index is 5.99. The number of methoxy groups -OCH3 is 1. The van der Waals surface area contributed by atoms with Crippen molar-refractivity contribution < 1.29 is 4.74 Å².